The molecule has 0 spiro atoms. The van der Waals surface area contributed by atoms with Crippen LogP contribution in [0.3, 0.4) is 0 Å². The molecule has 1 amide bonds. The summed E-state index contributed by atoms with van der Waals surface area (Å²) in [5.41, 5.74) is 0.969. The van der Waals surface area contributed by atoms with Crippen molar-refractivity contribution >= 4 is 17.2 Å². The molecule has 0 unspecified atom stereocenters. The van der Waals surface area contributed by atoms with Crippen LogP contribution in [0.5, 0.6) is 0 Å². The van der Waals surface area contributed by atoms with Gasteiger partial charge in [0, 0.05) is 55.5 Å². The van der Waals surface area contributed by atoms with Crippen LogP contribution in [0.4, 0.5) is 0 Å². The standard InChI is InChI=1S/C14H18N2O2S/c1-12(18)16-6-4-15(5-7-16)10-14-9-13(11-19-14)3-2-8-17/h9,11,17H,4-8,10H2,1H3. The van der Waals surface area contributed by atoms with E-state index in [0.717, 1.165) is 38.3 Å². The largest absolute Gasteiger partial charge is 0.384 e. The zero-order valence-electron chi connectivity index (χ0n) is 11.1. The van der Waals surface area contributed by atoms with Crippen molar-refractivity contribution in [1.29, 1.82) is 0 Å². The topological polar surface area (TPSA) is 43.8 Å². The minimum absolute atomic E-state index is 0.0990. The van der Waals surface area contributed by atoms with Crippen molar-refractivity contribution in [3.8, 4) is 11.8 Å². The average Bonchev–Trinajstić information content (AvgIpc) is 2.84. The van der Waals surface area contributed by atoms with Gasteiger partial charge in [-0.15, -0.1) is 11.3 Å². The van der Waals surface area contributed by atoms with Crippen LogP contribution >= 0.6 is 11.3 Å². The molecule has 0 atom stereocenters. The summed E-state index contributed by atoms with van der Waals surface area (Å²) < 4.78 is 0. The van der Waals surface area contributed by atoms with Crippen LogP contribution in [0.2, 0.25) is 0 Å². The highest BCUT2D eigenvalue weighted by molar-refractivity contribution is 7.10. The van der Waals surface area contributed by atoms with Gasteiger partial charge in [0.2, 0.25) is 5.91 Å². The number of nitrogens with zero attached hydrogens (tertiary/aromatic N) is 2. The van der Waals surface area contributed by atoms with Gasteiger partial charge in [0.15, 0.2) is 0 Å². The van der Waals surface area contributed by atoms with Crippen molar-refractivity contribution in [2.24, 2.45) is 0 Å². The molecule has 19 heavy (non-hydrogen) atoms. The third-order valence-corrected chi connectivity index (χ3v) is 4.08. The van der Waals surface area contributed by atoms with Gasteiger partial charge in [0.1, 0.15) is 6.61 Å². The third kappa shape index (κ3) is 4.06. The zero-order chi connectivity index (χ0) is 13.7. The van der Waals surface area contributed by atoms with Gasteiger partial charge in [-0.25, -0.2) is 0 Å². The molecule has 5 heteroatoms. The second-order valence-corrected chi connectivity index (χ2v) is 5.54. The van der Waals surface area contributed by atoms with Crippen molar-refractivity contribution in [1.82, 2.24) is 9.80 Å². The summed E-state index contributed by atoms with van der Waals surface area (Å²) >= 11 is 1.69. The number of thiophene rings is 1. The number of hydrogen-bond donors (Lipinski definition) is 1. The molecule has 0 saturated carbocycles. The Hall–Kier alpha value is -1.35. The molecule has 0 aliphatic carbocycles. The molecule has 1 aromatic heterocycles. The Kier molecular flexibility index (Phi) is 4.97. The Bertz CT molecular complexity index is 493. The average molecular weight is 278 g/mol. The van der Waals surface area contributed by atoms with Crippen LogP contribution in [-0.2, 0) is 11.3 Å². The predicted molar refractivity (Wildman–Crippen MR) is 75.8 cm³/mol. The fourth-order valence-corrected chi connectivity index (χ4v) is 2.97. The van der Waals surface area contributed by atoms with E-state index >= 15 is 0 Å². The molecule has 2 rings (SSSR count). The Morgan fingerprint density at radius 2 is 2.16 bits per heavy atom. The molecule has 4 nitrogen and oxygen atoms in total. The summed E-state index contributed by atoms with van der Waals surface area (Å²) in [6.07, 6.45) is 0. The van der Waals surface area contributed by atoms with Gasteiger partial charge in [0.05, 0.1) is 0 Å². The fourth-order valence-electron chi connectivity index (χ4n) is 2.11. The first kappa shape index (κ1) is 14.1. The smallest absolute Gasteiger partial charge is 0.219 e. The monoisotopic (exact) mass is 278 g/mol. The molecule has 102 valence electrons. The minimum Gasteiger partial charge on any atom is -0.384 e. The summed E-state index contributed by atoms with van der Waals surface area (Å²) in [6.45, 7) is 5.93. The predicted octanol–water partition coefficient (Wildman–Crippen LogP) is 0.756. The third-order valence-electron chi connectivity index (χ3n) is 3.16. The quantitative estimate of drug-likeness (QED) is 0.812. The lowest BCUT2D eigenvalue weighted by Gasteiger charge is -2.33. The molecule has 0 aromatic carbocycles. The Labute approximate surface area is 117 Å². The van der Waals surface area contributed by atoms with Gasteiger partial charge in [-0.2, -0.15) is 0 Å². The van der Waals surface area contributed by atoms with E-state index in [4.69, 9.17) is 5.11 Å². The van der Waals surface area contributed by atoms with Gasteiger partial charge in [-0.1, -0.05) is 11.8 Å². The Morgan fingerprint density at radius 3 is 2.79 bits per heavy atom. The summed E-state index contributed by atoms with van der Waals surface area (Å²) in [4.78, 5) is 16.8. The summed E-state index contributed by atoms with van der Waals surface area (Å²) in [6, 6.07) is 2.07. The van der Waals surface area contributed by atoms with E-state index < -0.39 is 0 Å². The summed E-state index contributed by atoms with van der Waals surface area (Å²) in [5.74, 6) is 5.73. The number of hydrogen-bond acceptors (Lipinski definition) is 4. The molecule has 1 aromatic rings. The van der Waals surface area contributed by atoms with Gasteiger partial charge in [-0.05, 0) is 6.07 Å². The van der Waals surface area contributed by atoms with Gasteiger partial charge in [0.25, 0.3) is 0 Å². The first-order valence-corrected chi connectivity index (χ1v) is 7.22. The van der Waals surface area contributed by atoms with Crippen LogP contribution in [0.15, 0.2) is 11.4 Å². The molecule has 1 N–H and O–H groups in total. The van der Waals surface area contributed by atoms with Gasteiger partial charge < -0.3 is 10.0 Å². The van der Waals surface area contributed by atoms with Gasteiger partial charge >= 0.3 is 0 Å². The van der Waals surface area contributed by atoms with Crippen molar-refractivity contribution in [2.75, 3.05) is 32.8 Å². The van der Waals surface area contributed by atoms with E-state index in [-0.39, 0.29) is 12.5 Å². The van der Waals surface area contributed by atoms with E-state index in [9.17, 15) is 4.79 Å². The van der Waals surface area contributed by atoms with E-state index in [2.05, 4.69) is 22.8 Å². The molecule has 1 saturated heterocycles. The molecular formula is C14H18N2O2S. The summed E-state index contributed by atoms with van der Waals surface area (Å²) in [5, 5.41) is 10.7. The first-order valence-electron chi connectivity index (χ1n) is 6.34. The van der Waals surface area contributed by atoms with Gasteiger partial charge in [-0.3, -0.25) is 9.69 Å². The fraction of sp³-hybridized carbons (Fsp3) is 0.500. The minimum atomic E-state index is -0.0990. The second kappa shape index (κ2) is 6.71. The first-order chi connectivity index (χ1) is 9.19. The van der Waals surface area contributed by atoms with E-state index in [0.29, 0.717) is 0 Å². The highest BCUT2D eigenvalue weighted by Crippen LogP contribution is 2.17. The summed E-state index contributed by atoms with van der Waals surface area (Å²) in [7, 11) is 0. The lowest BCUT2D eigenvalue weighted by atomic mass is 10.2. The number of amides is 1. The zero-order valence-corrected chi connectivity index (χ0v) is 11.9. The van der Waals surface area contributed by atoms with E-state index in [1.54, 1.807) is 18.3 Å². The highest BCUT2D eigenvalue weighted by atomic mass is 32.1. The number of aliphatic hydroxyl groups is 1. The SMILES string of the molecule is CC(=O)N1CCN(Cc2cc(C#CCO)cs2)CC1. The molecular weight excluding hydrogens is 260 g/mol. The molecule has 1 aliphatic heterocycles. The van der Waals surface area contributed by atoms with E-state index in [1.807, 2.05) is 10.3 Å². The maximum absolute atomic E-state index is 11.2. The maximum atomic E-state index is 11.2. The Balaban J connectivity index is 1.85. The molecule has 1 aliphatic rings. The molecule has 1 fully saturated rings. The van der Waals surface area contributed by atoms with Crippen molar-refractivity contribution in [3.63, 3.8) is 0 Å². The molecule has 0 bridgehead atoms. The molecule has 0 radical (unpaired) electrons. The normalized spacial score (nSPS) is 16.0. The van der Waals surface area contributed by atoms with Crippen LogP contribution in [0, 0.1) is 11.8 Å². The van der Waals surface area contributed by atoms with Crippen molar-refractivity contribution in [3.05, 3.63) is 21.9 Å². The van der Waals surface area contributed by atoms with Crippen molar-refractivity contribution in [2.45, 2.75) is 13.5 Å². The number of carbonyl (C=O) groups excluding carboxylic acids is 1. The highest BCUT2D eigenvalue weighted by Gasteiger charge is 2.18. The van der Waals surface area contributed by atoms with Crippen molar-refractivity contribution < 1.29 is 9.90 Å². The lowest BCUT2D eigenvalue weighted by molar-refractivity contribution is -0.130. The second-order valence-electron chi connectivity index (χ2n) is 4.54. The Morgan fingerprint density at radius 1 is 1.42 bits per heavy atom. The number of rotatable bonds is 2. The van der Waals surface area contributed by atoms with Crippen LogP contribution in [0.1, 0.15) is 17.4 Å². The number of carbonyl (C=O) groups is 1. The lowest BCUT2D eigenvalue weighted by Crippen LogP contribution is -2.47. The number of aliphatic hydroxyl groups excluding tert-OH is 1. The molecule has 2 heterocycles. The van der Waals surface area contributed by atoms with E-state index in [1.165, 1.54) is 4.88 Å². The number of piperazine rings is 1. The van der Waals surface area contributed by atoms with Crippen LogP contribution < -0.4 is 0 Å². The van der Waals surface area contributed by atoms with Crippen LogP contribution in [-0.4, -0.2) is 53.6 Å². The maximum Gasteiger partial charge on any atom is 0.219 e. The van der Waals surface area contributed by atoms with Crippen LogP contribution in [0.25, 0.3) is 0 Å².